The van der Waals surface area contributed by atoms with E-state index in [0.29, 0.717) is 17.7 Å². The first-order chi connectivity index (χ1) is 6.29. The van der Waals surface area contributed by atoms with Crippen LogP contribution in [0.15, 0.2) is 31.8 Å². The fourth-order valence-corrected chi connectivity index (χ4v) is 1.24. The molecule has 4 nitrogen and oxygen atoms in total. The molecule has 0 atom stereocenters. The van der Waals surface area contributed by atoms with Crippen molar-refractivity contribution in [1.29, 1.82) is 0 Å². The molecule has 2 rings (SSSR count). The third-order valence-corrected chi connectivity index (χ3v) is 1.83. The molecule has 2 aromatic rings. The molecule has 1 aromatic heterocycles. The SMILES string of the molecule is NCCc1ccc2oc(=O)oc2c1. The van der Waals surface area contributed by atoms with E-state index in [0.717, 1.165) is 12.0 Å². The summed E-state index contributed by atoms with van der Waals surface area (Å²) in [5.74, 6) is -0.667. The molecule has 0 saturated heterocycles. The number of benzene rings is 1. The van der Waals surface area contributed by atoms with E-state index in [2.05, 4.69) is 0 Å². The minimum atomic E-state index is -0.667. The molecular weight excluding hydrogens is 170 g/mol. The molecule has 0 aliphatic rings. The molecule has 0 saturated carbocycles. The monoisotopic (exact) mass is 179 g/mol. The predicted octanol–water partition coefficient (Wildman–Crippen LogP) is 0.887. The van der Waals surface area contributed by atoms with Crippen molar-refractivity contribution in [3.63, 3.8) is 0 Å². The molecule has 13 heavy (non-hydrogen) atoms. The van der Waals surface area contributed by atoms with Gasteiger partial charge >= 0.3 is 5.82 Å². The second-order valence-electron chi connectivity index (χ2n) is 2.77. The third-order valence-electron chi connectivity index (χ3n) is 1.83. The van der Waals surface area contributed by atoms with Gasteiger partial charge in [-0.3, -0.25) is 0 Å². The summed E-state index contributed by atoms with van der Waals surface area (Å²) in [6.07, 6.45) is 0.769. The van der Waals surface area contributed by atoms with Crippen LogP contribution in [-0.4, -0.2) is 6.54 Å². The third kappa shape index (κ3) is 1.48. The lowest BCUT2D eigenvalue weighted by molar-refractivity contribution is 0.409. The fraction of sp³-hybridized carbons (Fsp3) is 0.222. The Labute approximate surface area is 73.9 Å². The van der Waals surface area contributed by atoms with Crippen LogP contribution in [0.1, 0.15) is 5.56 Å². The number of nitrogens with two attached hydrogens (primary N) is 1. The van der Waals surface area contributed by atoms with Crippen LogP contribution in [-0.2, 0) is 6.42 Å². The van der Waals surface area contributed by atoms with Crippen molar-refractivity contribution >= 4 is 11.2 Å². The molecule has 0 amide bonds. The molecule has 0 spiro atoms. The maximum absolute atomic E-state index is 10.7. The van der Waals surface area contributed by atoms with E-state index < -0.39 is 5.82 Å². The van der Waals surface area contributed by atoms with Crippen molar-refractivity contribution in [3.05, 3.63) is 34.4 Å². The number of hydrogen-bond acceptors (Lipinski definition) is 4. The summed E-state index contributed by atoms with van der Waals surface area (Å²) in [7, 11) is 0. The molecular formula is C9H9NO3. The molecule has 0 radical (unpaired) electrons. The topological polar surface area (TPSA) is 69.4 Å². The van der Waals surface area contributed by atoms with Crippen molar-refractivity contribution in [2.24, 2.45) is 5.73 Å². The van der Waals surface area contributed by atoms with Gasteiger partial charge in [-0.1, -0.05) is 6.07 Å². The second-order valence-corrected chi connectivity index (χ2v) is 2.77. The fourth-order valence-electron chi connectivity index (χ4n) is 1.24. The molecule has 0 fully saturated rings. The summed E-state index contributed by atoms with van der Waals surface area (Å²) < 4.78 is 9.54. The van der Waals surface area contributed by atoms with Gasteiger partial charge in [0.2, 0.25) is 0 Å². The summed E-state index contributed by atoms with van der Waals surface area (Å²) in [5, 5.41) is 0. The van der Waals surface area contributed by atoms with Crippen LogP contribution in [0.5, 0.6) is 0 Å². The van der Waals surface area contributed by atoms with Crippen LogP contribution in [0.3, 0.4) is 0 Å². The molecule has 0 unspecified atom stereocenters. The largest absolute Gasteiger partial charge is 0.519 e. The molecule has 0 bridgehead atoms. The minimum absolute atomic E-state index is 0.478. The molecule has 0 aliphatic heterocycles. The van der Waals surface area contributed by atoms with Crippen LogP contribution >= 0.6 is 0 Å². The summed E-state index contributed by atoms with van der Waals surface area (Å²) >= 11 is 0. The Morgan fingerprint density at radius 2 is 2.00 bits per heavy atom. The highest BCUT2D eigenvalue weighted by atomic mass is 16.6. The number of rotatable bonds is 2. The summed E-state index contributed by atoms with van der Waals surface area (Å²) in [4.78, 5) is 10.7. The van der Waals surface area contributed by atoms with E-state index in [4.69, 9.17) is 14.6 Å². The van der Waals surface area contributed by atoms with Gasteiger partial charge in [-0.25, -0.2) is 4.79 Å². The van der Waals surface area contributed by atoms with Crippen LogP contribution in [0, 0.1) is 0 Å². The van der Waals surface area contributed by atoms with Gasteiger partial charge in [-0.15, -0.1) is 0 Å². The van der Waals surface area contributed by atoms with E-state index in [1.807, 2.05) is 6.07 Å². The van der Waals surface area contributed by atoms with E-state index >= 15 is 0 Å². The molecule has 1 heterocycles. The first kappa shape index (κ1) is 8.07. The van der Waals surface area contributed by atoms with Gasteiger partial charge in [0.25, 0.3) is 0 Å². The van der Waals surface area contributed by atoms with Crippen LogP contribution in [0.4, 0.5) is 0 Å². The van der Waals surface area contributed by atoms with Crippen molar-refractivity contribution in [1.82, 2.24) is 0 Å². The quantitative estimate of drug-likeness (QED) is 0.743. The molecule has 68 valence electrons. The van der Waals surface area contributed by atoms with Crippen LogP contribution < -0.4 is 11.6 Å². The molecule has 0 aliphatic carbocycles. The summed E-state index contributed by atoms with van der Waals surface area (Å²) in [6.45, 7) is 0.577. The second kappa shape index (κ2) is 3.06. The number of fused-ring (bicyclic) bond motifs is 1. The van der Waals surface area contributed by atoms with Gasteiger partial charge in [0.1, 0.15) is 0 Å². The van der Waals surface area contributed by atoms with Crippen LogP contribution in [0.2, 0.25) is 0 Å². The maximum atomic E-state index is 10.7. The Morgan fingerprint density at radius 3 is 2.77 bits per heavy atom. The van der Waals surface area contributed by atoms with Crippen molar-refractivity contribution < 1.29 is 8.83 Å². The summed E-state index contributed by atoms with van der Waals surface area (Å²) in [6, 6.07) is 5.35. The van der Waals surface area contributed by atoms with Gasteiger partial charge in [0.05, 0.1) is 0 Å². The average Bonchev–Trinajstić information content (AvgIpc) is 2.44. The van der Waals surface area contributed by atoms with Crippen molar-refractivity contribution in [2.75, 3.05) is 6.54 Å². The number of hydrogen-bond donors (Lipinski definition) is 1. The smallest absolute Gasteiger partial charge is 0.391 e. The van der Waals surface area contributed by atoms with E-state index in [1.165, 1.54) is 0 Å². The zero-order valence-corrected chi connectivity index (χ0v) is 6.95. The zero-order valence-electron chi connectivity index (χ0n) is 6.95. The minimum Gasteiger partial charge on any atom is -0.391 e. The summed E-state index contributed by atoms with van der Waals surface area (Å²) in [5.41, 5.74) is 7.40. The van der Waals surface area contributed by atoms with E-state index in [-0.39, 0.29) is 0 Å². The van der Waals surface area contributed by atoms with Gasteiger partial charge in [0, 0.05) is 0 Å². The lowest BCUT2D eigenvalue weighted by atomic mass is 10.1. The highest BCUT2D eigenvalue weighted by molar-refractivity contribution is 5.70. The predicted molar refractivity (Wildman–Crippen MR) is 47.5 cm³/mol. The standard InChI is InChI=1S/C9H9NO3/c10-4-3-6-1-2-7-8(5-6)13-9(11)12-7/h1-2,5H,3-4,10H2. The first-order valence-electron chi connectivity index (χ1n) is 4.02. The average molecular weight is 179 g/mol. The van der Waals surface area contributed by atoms with Crippen LogP contribution in [0.25, 0.3) is 11.2 Å². The van der Waals surface area contributed by atoms with Gasteiger partial charge in [-0.2, -0.15) is 0 Å². The Morgan fingerprint density at radius 1 is 1.23 bits per heavy atom. The Hall–Kier alpha value is -1.55. The van der Waals surface area contributed by atoms with Gasteiger partial charge < -0.3 is 14.6 Å². The lowest BCUT2D eigenvalue weighted by Crippen LogP contribution is -2.02. The highest BCUT2D eigenvalue weighted by Gasteiger charge is 2.03. The van der Waals surface area contributed by atoms with Gasteiger partial charge in [0.15, 0.2) is 11.2 Å². The van der Waals surface area contributed by atoms with E-state index in [9.17, 15) is 4.79 Å². The lowest BCUT2D eigenvalue weighted by Gasteiger charge is -1.95. The van der Waals surface area contributed by atoms with E-state index in [1.54, 1.807) is 12.1 Å². The maximum Gasteiger partial charge on any atom is 0.519 e. The Balaban J connectivity index is 2.54. The van der Waals surface area contributed by atoms with Gasteiger partial charge in [-0.05, 0) is 30.7 Å². The molecule has 1 aromatic carbocycles. The highest BCUT2D eigenvalue weighted by Crippen LogP contribution is 2.14. The first-order valence-corrected chi connectivity index (χ1v) is 4.02. The Bertz CT molecular complexity index is 469. The van der Waals surface area contributed by atoms with Crippen molar-refractivity contribution in [2.45, 2.75) is 6.42 Å². The molecule has 2 N–H and O–H groups in total. The molecule has 4 heteroatoms. The zero-order chi connectivity index (χ0) is 9.26. The normalized spacial score (nSPS) is 10.8. The van der Waals surface area contributed by atoms with Crippen molar-refractivity contribution in [3.8, 4) is 0 Å². The Kier molecular flexibility index (Phi) is 1.90.